The molecule has 0 aliphatic rings. The topological polar surface area (TPSA) is 21.3 Å². The van der Waals surface area contributed by atoms with Crippen LogP contribution in [0.1, 0.15) is 56.7 Å². The summed E-state index contributed by atoms with van der Waals surface area (Å²) in [4.78, 5) is 0. The molecule has 0 fully saturated rings. The van der Waals surface area contributed by atoms with Crippen LogP contribution < -0.4 is 10.1 Å². The molecular weight excluding hydrogens is 301 g/mol. The number of nitrogens with one attached hydrogen (secondary N) is 1. The monoisotopic (exact) mass is 329 g/mol. The van der Waals surface area contributed by atoms with E-state index < -0.39 is 0 Å². The van der Waals surface area contributed by atoms with E-state index in [0.29, 0.717) is 0 Å². The molecule has 0 saturated heterocycles. The number of ether oxygens (including phenoxy) is 1. The maximum Gasteiger partial charge on any atom is 0.123 e. The molecule has 2 nitrogen and oxygen atoms in total. The molecule has 2 rings (SSSR count). The van der Waals surface area contributed by atoms with E-state index in [-0.39, 0.29) is 11.9 Å². The molecule has 0 aromatic heterocycles. The minimum Gasteiger partial charge on any atom is -0.494 e. The smallest absolute Gasteiger partial charge is 0.123 e. The van der Waals surface area contributed by atoms with Gasteiger partial charge in [0.25, 0.3) is 0 Å². The van der Waals surface area contributed by atoms with Crippen molar-refractivity contribution in [3.63, 3.8) is 0 Å². The van der Waals surface area contributed by atoms with Crippen LogP contribution in [0.4, 0.5) is 4.39 Å². The van der Waals surface area contributed by atoms with Crippen LogP contribution in [-0.2, 0) is 6.54 Å². The van der Waals surface area contributed by atoms with Crippen molar-refractivity contribution >= 4 is 0 Å². The lowest BCUT2D eigenvalue weighted by Crippen LogP contribution is -2.20. The molecule has 2 aromatic rings. The van der Waals surface area contributed by atoms with E-state index in [1.54, 1.807) is 0 Å². The zero-order valence-corrected chi connectivity index (χ0v) is 14.7. The van der Waals surface area contributed by atoms with Crippen LogP contribution in [0.2, 0.25) is 0 Å². The number of benzene rings is 2. The Hall–Kier alpha value is -1.87. The Morgan fingerprint density at radius 2 is 1.67 bits per heavy atom. The van der Waals surface area contributed by atoms with Gasteiger partial charge in [0.1, 0.15) is 11.6 Å². The molecule has 0 aliphatic heterocycles. The summed E-state index contributed by atoms with van der Waals surface area (Å²) in [6.07, 6.45) is 4.52. The van der Waals surface area contributed by atoms with Crippen molar-refractivity contribution in [1.82, 2.24) is 5.32 Å². The van der Waals surface area contributed by atoms with Gasteiger partial charge in [-0.05, 0) is 48.2 Å². The van der Waals surface area contributed by atoms with E-state index in [1.807, 2.05) is 24.3 Å². The summed E-state index contributed by atoms with van der Waals surface area (Å²) in [7, 11) is 0. The lowest BCUT2D eigenvalue weighted by atomic mass is 10.0. The SMILES string of the molecule is CCCCCOc1ccc(C(CC)NCc2ccc(F)cc2)cc1. The fourth-order valence-electron chi connectivity index (χ4n) is 2.68. The Bertz CT molecular complexity index is 580. The Labute approximate surface area is 145 Å². The lowest BCUT2D eigenvalue weighted by molar-refractivity contribution is 0.306. The third-order valence-electron chi connectivity index (χ3n) is 4.17. The van der Waals surface area contributed by atoms with Gasteiger partial charge in [-0.2, -0.15) is 0 Å². The second-order valence-corrected chi connectivity index (χ2v) is 6.09. The van der Waals surface area contributed by atoms with Crippen LogP contribution in [0.3, 0.4) is 0 Å². The molecular formula is C21H28FNO. The third kappa shape index (κ3) is 5.97. The third-order valence-corrected chi connectivity index (χ3v) is 4.17. The molecule has 1 N–H and O–H groups in total. The normalized spacial score (nSPS) is 12.1. The van der Waals surface area contributed by atoms with Crippen molar-refractivity contribution in [3.8, 4) is 5.75 Å². The molecule has 24 heavy (non-hydrogen) atoms. The summed E-state index contributed by atoms with van der Waals surface area (Å²) >= 11 is 0. The highest BCUT2D eigenvalue weighted by Gasteiger charge is 2.09. The van der Waals surface area contributed by atoms with Crippen LogP contribution in [0.15, 0.2) is 48.5 Å². The molecule has 0 amide bonds. The van der Waals surface area contributed by atoms with E-state index in [4.69, 9.17) is 4.74 Å². The largest absolute Gasteiger partial charge is 0.494 e. The van der Waals surface area contributed by atoms with Crippen LogP contribution in [0.5, 0.6) is 5.75 Å². The van der Waals surface area contributed by atoms with Crippen LogP contribution >= 0.6 is 0 Å². The molecule has 130 valence electrons. The highest BCUT2D eigenvalue weighted by atomic mass is 19.1. The summed E-state index contributed by atoms with van der Waals surface area (Å²) in [5.41, 5.74) is 2.34. The predicted octanol–water partition coefficient (Wildman–Crippen LogP) is 5.64. The fourth-order valence-corrected chi connectivity index (χ4v) is 2.68. The number of hydrogen-bond acceptors (Lipinski definition) is 2. The molecule has 0 aliphatic carbocycles. The minimum absolute atomic E-state index is 0.194. The van der Waals surface area contributed by atoms with Gasteiger partial charge in [0.15, 0.2) is 0 Å². The first kappa shape index (κ1) is 18.5. The maximum atomic E-state index is 13.0. The van der Waals surface area contributed by atoms with Gasteiger partial charge in [0, 0.05) is 12.6 Å². The van der Waals surface area contributed by atoms with Crippen molar-refractivity contribution in [2.45, 2.75) is 52.1 Å². The van der Waals surface area contributed by atoms with Crippen molar-refractivity contribution in [1.29, 1.82) is 0 Å². The first-order chi connectivity index (χ1) is 11.7. The molecule has 0 spiro atoms. The molecule has 1 atom stereocenters. The fraction of sp³-hybridized carbons (Fsp3) is 0.429. The predicted molar refractivity (Wildman–Crippen MR) is 97.7 cm³/mol. The second-order valence-electron chi connectivity index (χ2n) is 6.09. The van der Waals surface area contributed by atoms with Crippen molar-refractivity contribution in [2.75, 3.05) is 6.61 Å². The first-order valence-corrected chi connectivity index (χ1v) is 8.93. The molecule has 0 heterocycles. The molecule has 0 saturated carbocycles. The van der Waals surface area contributed by atoms with E-state index >= 15 is 0 Å². The summed E-state index contributed by atoms with van der Waals surface area (Å²) in [5, 5.41) is 3.54. The molecule has 3 heteroatoms. The van der Waals surface area contributed by atoms with E-state index in [9.17, 15) is 4.39 Å². The Morgan fingerprint density at radius 3 is 2.29 bits per heavy atom. The number of rotatable bonds is 10. The highest BCUT2D eigenvalue weighted by molar-refractivity contribution is 5.29. The van der Waals surface area contributed by atoms with Crippen LogP contribution in [-0.4, -0.2) is 6.61 Å². The summed E-state index contributed by atoms with van der Waals surface area (Å²) < 4.78 is 18.7. The number of halogens is 1. The maximum absolute atomic E-state index is 13.0. The van der Waals surface area contributed by atoms with Gasteiger partial charge in [0.05, 0.1) is 6.61 Å². The summed E-state index contributed by atoms with van der Waals surface area (Å²) in [6, 6.07) is 15.3. The molecule has 0 bridgehead atoms. The Morgan fingerprint density at radius 1 is 0.958 bits per heavy atom. The lowest BCUT2D eigenvalue weighted by Gasteiger charge is -2.18. The van der Waals surface area contributed by atoms with Gasteiger partial charge in [-0.15, -0.1) is 0 Å². The molecule has 1 unspecified atom stereocenters. The standard InChI is InChI=1S/C21H28FNO/c1-3-5-6-15-24-20-13-9-18(10-14-20)21(4-2)23-16-17-7-11-19(22)12-8-17/h7-14,21,23H,3-6,15-16H2,1-2H3. The average Bonchev–Trinajstić information content (AvgIpc) is 2.62. The van der Waals surface area contributed by atoms with Crippen molar-refractivity contribution in [2.24, 2.45) is 0 Å². The second kappa shape index (κ2) is 10.1. The Balaban J connectivity index is 1.86. The average molecular weight is 329 g/mol. The van der Waals surface area contributed by atoms with Crippen LogP contribution in [0.25, 0.3) is 0 Å². The zero-order chi connectivity index (χ0) is 17.2. The first-order valence-electron chi connectivity index (χ1n) is 8.93. The van der Waals surface area contributed by atoms with E-state index in [0.717, 1.165) is 37.3 Å². The quantitative estimate of drug-likeness (QED) is 0.570. The van der Waals surface area contributed by atoms with Gasteiger partial charge in [0.2, 0.25) is 0 Å². The molecule has 2 aromatic carbocycles. The van der Waals surface area contributed by atoms with Gasteiger partial charge < -0.3 is 10.1 Å². The van der Waals surface area contributed by atoms with Gasteiger partial charge >= 0.3 is 0 Å². The van der Waals surface area contributed by atoms with Crippen LogP contribution in [0, 0.1) is 5.82 Å². The molecule has 0 radical (unpaired) electrons. The van der Waals surface area contributed by atoms with Crippen molar-refractivity contribution < 1.29 is 9.13 Å². The zero-order valence-electron chi connectivity index (χ0n) is 14.7. The minimum atomic E-state index is -0.194. The summed E-state index contributed by atoms with van der Waals surface area (Å²) in [5.74, 6) is 0.739. The highest BCUT2D eigenvalue weighted by Crippen LogP contribution is 2.21. The van der Waals surface area contributed by atoms with E-state index in [1.165, 1.54) is 30.5 Å². The van der Waals surface area contributed by atoms with Crippen molar-refractivity contribution in [3.05, 3.63) is 65.5 Å². The Kier molecular flexibility index (Phi) is 7.76. The van der Waals surface area contributed by atoms with Gasteiger partial charge in [-0.3, -0.25) is 0 Å². The van der Waals surface area contributed by atoms with Gasteiger partial charge in [-0.25, -0.2) is 4.39 Å². The number of unbranched alkanes of at least 4 members (excludes halogenated alkanes) is 2. The summed E-state index contributed by atoms with van der Waals surface area (Å²) in [6.45, 7) is 5.87. The van der Waals surface area contributed by atoms with E-state index in [2.05, 4.69) is 31.3 Å². The number of hydrogen-bond donors (Lipinski definition) is 1. The van der Waals surface area contributed by atoms with Gasteiger partial charge in [-0.1, -0.05) is 51.0 Å².